The molecule has 0 unspecified atom stereocenters. The summed E-state index contributed by atoms with van der Waals surface area (Å²) >= 11 is 0. The van der Waals surface area contributed by atoms with Gasteiger partial charge in [-0.25, -0.2) is 0 Å². The van der Waals surface area contributed by atoms with Gasteiger partial charge in [-0.2, -0.15) is 0 Å². The minimum Gasteiger partial charge on any atom is -0.381 e. The lowest BCUT2D eigenvalue weighted by Crippen LogP contribution is -1.97. The number of rotatable bonds is 34. The molecule has 0 atom stereocenters. The van der Waals surface area contributed by atoms with Gasteiger partial charge in [0.25, 0.3) is 0 Å². The zero-order valence-corrected chi connectivity index (χ0v) is 26.4. The van der Waals surface area contributed by atoms with E-state index in [1.165, 1.54) is 205 Å². The van der Waals surface area contributed by atoms with Crippen LogP contribution in [0.15, 0.2) is 0 Å². The van der Waals surface area contributed by atoms with Crippen LogP contribution in [-0.2, 0) is 4.74 Å². The molecule has 0 fully saturated rings. The monoisotopic (exact) mass is 523 g/mol. The molecule has 37 heavy (non-hydrogen) atoms. The van der Waals surface area contributed by atoms with Gasteiger partial charge in [0.05, 0.1) is 0 Å². The van der Waals surface area contributed by atoms with Crippen LogP contribution in [0, 0.1) is 0 Å². The first-order valence-electron chi connectivity index (χ1n) is 18.0. The lowest BCUT2D eigenvalue weighted by atomic mass is 10.0. The maximum absolute atomic E-state index is 5.83. The molecular formula is C36H74O. The molecule has 0 aromatic carbocycles. The van der Waals surface area contributed by atoms with Gasteiger partial charge in [-0.3, -0.25) is 0 Å². The predicted octanol–water partition coefficient (Wildman–Crippen LogP) is 13.5. The quantitative estimate of drug-likeness (QED) is 0.0763. The van der Waals surface area contributed by atoms with Gasteiger partial charge in [0.15, 0.2) is 0 Å². The van der Waals surface area contributed by atoms with Crippen molar-refractivity contribution in [3.05, 3.63) is 0 Å². The normalized spacial score (nSPS) is 11.5. The molecule has 0 aromatic heterocycles. The van der Waals surface area contributed by atoms with Crippen LogP contribution in [-0.4, -0.2) is 13.2 Å². The number of unbranched alkanes of at least 4 members (excludes halogenated alkanes) is 30. The van der Waals surface area contributed by atoms with Crippen molar-refractivity contribution in [2.75, 3.05) is 13.2 Å². The average Bonchev–Trinajstić information content (AvgIpc) is 2.91. The molecule has 0 amide bonds. The summed E-state index contributed by atoms with van der Waals surface area (Å²) < 4.78 is 5.83. The van der Waals surface area contributed by atoms with Crippen molar-refractivity contribution in [2.45, 2.75) is 219 Å². The van der Waals surface area contributed by atoms with Crippen LogP contribution in [0.1, 0.15) is 219 Å². The Morgan fingerprint density at radius 2 is 0.378 bits per heavy atom. The summed E-state index contributed by atoms with van der Waals surface area (Å²) in [5.41, 5.74) is 0. The molecule has 0 radical (unpaired) electrons. The molecular weight excluding hydrogens is 448 g/mol. The molecule has 0 spiro atoms. The van der Waals surface area contributed by atoms with Crippen molar-refractivity contribution in [1.82, 2.24) is 0 Å². The molecule has 0 aliphatic rings. The van der Waals surface area contributed by atoms with Crippen LogP contribution in [0.3, 0.4) is 0 Å². The number of ether oxygens (including phenoxy) is 1. The van der Waals surface area contributed by atoms with Crippen LogP contribution in [0.4, 0.5) is 0 Å². The lowest BCUT2D eigenvalue weighted by molar-refractivity contribution is 0.125. The lowest BCUT2D eigenvalue weighted by Gasteiger charge is -2.05. The number of hydrogen-bond acceptors (Lipinski definition) is 1. The van der Waals surface area contributed by atoms with Gasteiger partial charge in [0, 0.05) is 13.2 Å². The SMILES string of the molecule is CCCCCCCCCCCCCCCCCCCCCCCCCCOCCCCCCCCCC. The first-order chi connectivity index (χ1) is 18.4. The van der Waals surface area contributed by atoms with Gasteiger partial charge in [0.2, 0.25) is 0 Å². The molecule has 0 aliphatic heterocycles. The van der Waals surface area contributed by atoms with E-state index in [0.29, 0.717) is 0 Å². The Morgan fingerprint density at radius 3 is 0.568 bits per heavy atom. The Labute approximate surface area is 237 Å². The fraction of sp³-hybridized carbons (Fsp3) is 1.00. The van der Waals surface area contributed by atoms with Gasteiger partial charge in [-0.15, -0.1) is 0 Å². The minimum atomic E-state index is 0.994. The molecule has 0 aromatic rings. The first kappa shape index (κ1) is 37.0. The zero-order valence-electron chi connectivity index (χ0n) is 26.4. The molecule has 1 nitrogen and oxygen atoms in total. The second-order valence-electron chi connectivity index (χ2n) is 12.2. The topological polar surface area (TPSA) is 9.23 Å². The second kappa shape index (κ2) is 36.0. The molecule has 0 saturated carbocycles. The van der Waals surface area contributed by atoms with E-state index >= 15 is 0 Å². The highest BCUT2D eigenvalue weighted by molar-refractivity contribution is 4.52. The highest BCUT2D eigenvalue weighted by Crippen LogP contribution is 2.16. The Morgan fingerprint density at radius 1 is 0.216 bits per heavy atom. The van der Waals surface area contributed by atoms with Gasteiger partial charge in [0.1, 0.15) is 0 Å². The molecule has 1 heteroatoms. The van der Waals surface area contributed by atoms with Crippen molar-refractivity contribution in [3.8, 4) is 0 Å². The van der Waals surface area contributed by atoms with Crippen LogP contribution in [0.25, 0.3) is 0 Å². The molecule has 0 heterocycles. The summed E-state index contributed by atoms with van der Waals surface area (Å²) in [6.45, 7) is 6.59. The summed E-state index contributed by atoms with van der Waals surface area (Å²) in [4.78, 5) is 0. The van der Waals surface area contributed by atoms with Crippen molar-refractivity contribution >= 4 is 0 Å². The van der Waals surface area contributed by atoms with Crippen molar-refractivity contribution in [1.29, 1.82) is 0 Å². The Kier molecular flexibility index (Phi) is 35.9. The fourth-order valence-electron chi connectivity index (χ4n) is 5.61. The molecule has 224 valence electrons. The van der Waals surface area contributed by atoms with Gasteiger partial charge < -0.3 is 4.74 Å². The second-order valence-corrected chi connectivity index (χ2v) is 12.2. The van der Waals surface area contributed by atoms with Crippen LogP contribution in [0.5, 0.6) is 0 Å². The van der Waals surface area contributed by atoms with Crippen LogP contribution in [0.2, 0.25) is 0 Å². The third-order valence-corrected chi connectivity index (χ3v) is 8.28. The maximum atomic E-state index is 5.83. The third-order valence-electron chi connectivity index (χ3n) is 8.28. The Balaban J connectivity index is 3.00. The van der Waals surface area contributed by atoms with E-state index in [1.54, 1.807) is 0 Å². The highest BCUT2D eigenvalue weighted by atomic mass is 16.5. The summed E-state index contributed by atoms with van der Waals surface area (Å²) in [5, 5.41) is 0. The van der Waals surface area contributed by atoms with E-state index < -0.39 is 0 Å². The summed E-state index contributed by atoms with van der Waals surface area (Å²) in [6, 6.07) is 0. The smallest absolute Gasteiger partial charge is 0.0466 e. The summed E-state index contributed by atoms with van der Waals surface area (Å²) in [5.74, 6) is 0. The van der Waals surface area contributed by atoms with E-state index in [4.69, 9.17) is 4.74 Å². The highest BCUT2D eigenvalue weighted by Gasteiger charge is 1.97. The molecule has 0 aliphatic carbocycles. The number of hydrogen-bond donors (Lipinski definition) is 0. The van der Waals surface area contributed by atoms with Gasteiger partial charge in [-0.1, -0.05) is 206 Å². The predicted molar refractivity (Wildman–Crippen MR) is 170 cm³/mol. The molecule has 0 saturated heterocycles. The fourth-order valence-corrected chi connectivity index (χ4v) is 5.61. The minimum absolute atomic E-state index is 0.994. The van der Waals surface area contributed by atoms with Crippen molar-refractivity contribution in [2.24, 2.45) is 0 Å². The van der Waals surface area contributed by atoms with E-state index in [9.17, 15) is 0 Å². The molecule has 0 N–H and O–H groups in total. The van der Waals surface area contributed by atoms with Gasteiger partial charge >= 0.3 is 0 Å². The third kappa shape index (κ3) is 36.0. The van der Waals surface area contributed by atoms with Gasteiger partial charge in [-0.05, 0) is 12.8 Å². The van der Waals surface area contributed by atoms with Crippen LogP contribution < -0.4 is 0 Å². The van der Waals surface area contributed by atoms with E-state index in [2.05, 4.69) is 13.8 Å². The standard InChI is InChI=1S/C36H74O/c1-3-5-7-9-11-13-14-15-16-17-18-19-20-21-22-23-24-25-26-27-28-30-32-34-36-37-35-33-31-29-12-10-8-6-4-2/h3-36H2,1-2H3. The molecule has 0 rings (SSSR count). The van der Waals surface area contributed by atoms with E-state index in [1.807, 2.05) is 0 Å². The Bertz CT molecular complexity index is 332. The van der Waals surface area contributed by atoms with E-state index in [0.717, 1.165) is 13.2 Å². The summed E-state index contributed by atoms with van der Waals surface area (Å²) in [7, 11) is 0. The van der Waals surface area contributed by atoms with Crippen molar-refractivity contribution < 1.29 is 4.74 Å². The summed E-state index contributed by atoms with van der Waals surface area (Å²) in [6.07, 6.45) is 46.1. The van der Waals surface area contributed by atoms with Crippen molar-refractivity contribution in [3.63, 3.8) is 0 Å². The maximum Gasteiger partial charge on any atom is 0.0466 e. The zero-order chi connectivity index (χ0) is 26.7. The first-order valence-corrected chi connectivity index (χ1v) is 18.0. The van der Waals surface area contributed by atoms with E-state index in [-0.39, 0.29) is 0 Å². The Hall–Kier alpha value is -0.0400. The largest absolute Gasteiger partial charge is 0.381 e. The average molecular weight is 523 g/mol. The molecule has 0 bridgehead atoms. The van der Waals surface area contributed by atoms with Crippen LogP contribution >= 0.6 is 0 Å².